The lowest BCUT2D eigenvalue weighted by atomic mass is 9.78. The number of benzene rings is 2. The Kier molecular flexibility index (Phi) is 3.49. The lowest BCUT2D eigenvalue weighted by Gasteiger charge is -2.30. The summed E-state index contributed by atoms with van der Waals surface area (Å²) in [7, 11) is 0. The largest absolute Gasteiger partial charge is 0.493 e. The monoisotopic (exact) mass is 267 g/mol. The fourth-order valence-electron chi connectivity index (χ4n) is 2.84. The van der Waals surface area contributed by atoms with Crippen LogP contribution < -0.4 is 10.5 Å². The lowest BCUT2D eigenvalue weighted by Crippen LogP contribution is -2.23. The summed E-state index contributed by atoms with van der Waals surface area (Å²) in [6.45, 7) is 4.81. The van der Waals surface area contributed by atoms with Crippen molar-refractivity contribution < 1.29 is 4.74 Å². The number of fused-ring (bicyclic) bond motifs is 1. The van der Waals surface area contributed by atoms with Gasteiger partial charge in [-0.05, 0) is 43.0 Å². The Bertz CT molecular complexity index is 619. The van der Waals surface area contributed by atoms with E-state index in [1.807, 2.05) is 6.92 Å². The first kappa shape index (κ1) is 13.2. The molecule has 2 N–H and O–H groups in total. The molecule has 0 saturated heterocycles. The van der Waals surface area contributed by atoms with E-state index in [0.717, 1.165) is 24.3 Å². The second-order valence-electron chi connectivity index (χ2n) is 5.74. The van der Waals surface area contributed by atoms with Crippen LogP contribution in [0.15, 0.2) is 42.5 Å². The van der Waals surface area contributed by atoms with Crippen LogP contribution in [-0.2, 0) is 6.42 Å². The molecule has 0 fully saturated rings. The minimum atomic E-state index is -0.000670. The molecule has 2 unspecified atom stereocenters. The average Bonchev–Trinajstić information content (AvgIpc) is 2.39. The number of rotatable bonds is 4. The second kappa shape index (κ2) is 5.29. The minimum Gasteiger partial charge on any atom is -0.493 e. The zero-order valence-corrected chi connectivity index (χ0v) is 12.1. The van der Waals surface area contributed by atoms with Crippen molar-refractivity contribution in [1.82, 2.24) is 0 Å². The zero-order chi connectivity index (χ0) is 14.1. The molecule has 0 amide bonds. The van der Waals surface area contributed by atoms with Crippen molar-refractivity contribution in [2.24, 2.45) is 5.73 Å². The summed E-state index contributed by atoms with van der Waals surface area (Å²) >= 11 is 0. The first-order valence-electron chi connectivity index (χ1n) is 7.22. The Hall–Kier alpha value is -1.80. The van der Waals surface area contributed by atoms with E-state index in [0.29, 0.717) is 5.92 Å². The Morgan fingerprint density at radius 3 is 2.80 bits per heavy atom. The summed E-state index contributed by atoms with van der Waals surface area (Å²) in [4.78, 5) is 0. The van der Waals surface area contributed by atoms with Gasteiger partial charge in [-0.25, -0.2) is 0 Å². The van der Waals surface area contributed by atoms with E-state index in [2.05, 4.69) is 49.4 Å². The standard InChI is InChI=1S/C18H21NO/c1-12-7-8-16(13(2)19)18(9-12)20-11-15-10-14-5-3-4-6-17(14)15/h3-9,13,15H,10-11,19H2,1-2H3. The van der Waals surface area contributed by atoms with Crippen LogP contribution in [0.2, 0.25) is 0 Å². The van der Waals surface area contributed by atoms with E-state index in [1.54, 1.807) is 0 Å². The summed E-state index contributed by atoms with van der Waals surface area (Å²) in [5.74, 6) is 1.46. The van der Waals surface area contributed by atoms with Gasteiger partial charge in [0, 0.05) is 17.5 Å². The molecule has 20 heavy (non-hydrogen) atoms. The quantitative estimate of drug-likeness (QED) is 0.916. The fourth-order valence-corrected chi connectivity index (χ4v) is 2.84. The van der Waals surface area contributed by atoms with Crippen LogP contribution in [-0.4, -0.2) is 6.61 Å². The van der Waals surface area contributed by atoms with Gasteiger partial charge in [0.15, 0.2) is 0 Å². The van der Waals surface area contributed by atoms with E-state index in [1.165, 1.54) is 16.7 Å². The average molecular weight is 267 g/mol. The lowest BCUT2D eigenvalue weighted by molar-refractivity contribution is 0.271. The van der Waals surface area contributed by atoms with E-state index < -0.39 is 0 Å². The zero-order valence-electron chi connectivity index (χ0n) is 12.1. The molecule has 104 valence electrons. The van der Waals surface area contributed by atoms with Gasteiger partial charge in [-0.15, -0.1) is 0 Å². The number of hydrogen-bond donors (Lipinski definition) is 1. The van der Waals surface area contributed by atoms with E-state index in [4.69, 9.17) is 10.5 Å². The van der Waals surface area contributed by atoms with E-state index >= 15 is 0 Å². The van der Waals surface area contributed by atoms with Crippen LogP contribution in [0.5, 0.6) is 5.75 Å². The van der Waals surface area contributed by atoms with Crippen molar-refractivity contribution in [3.05, 3.63) is 64.7 Å². The highest BCUT2D eigenvalue weighted by atomic mass is 16.5. The predicted molar refractivity (Wildman–Crippen MR) is 82.2 cm³/mol. The molecular formula is C18H21NO. The summed E-state index contributed by atoms with van der Waals surface area (Å²) < 4.78 is 6.06. The molecule has 1 aliphatic rings. The van der Waals surface area contributed by atoms with Gasteiger partial charge >= 0.3 is 0 Å². The van der Waals surface area contributed by atoms with Crippen LogP contribution in [0.4, 0.5) is 0 Å². The highest BCUT2D eigenvalue weighted by molar-refractivity contribution is 5.41. The molecular weight excluding hydrogens is 246 g/mol. The minimum absolute atomic E-state index is 0.000670. The highest BCUT2D eigenvalue weighted by Crippen LogP contribution is 2.36. The predicted octanol–water partition coefficient (Wildman–Crippen LogP) is 3.73. The third kappa shape index (κ3) is 2.44. The number of nitrogens with two attached hydrogens (primary N) is 1. The molecule has 3 rings (SSSR count). The maximum Gasteiger partial charge on any atom is 0.124 e. The van der Waals surface area contributed by atoms with Crippen molar-refractivity contribution >= 4 is 0 Å². The molecule has 2 atom stereocenters. The summed E-state index contributed by atoms with van der Waals surface area (Å²) in [5.41, 5.74) is 11.2. The molecule has 0 radical (unpaired) electrons. The normalized spacial score (nSPS) is 18.1. The number of hydrogen-bond acceptors (Lipinski definition) is 2. The third-order valence-electron chi connectivity index (χ3n) is 4.06. The summed E-state index contributed by atoms with van der Waals surface area (Å²) in [6, 6.07) is 14.9. The highest BCUT2D eigenvalue weighted by Gasteiger charge is 2.26. The van der Waals surface area contributed by atoms with Gasteiger partial charge in [0.05, 0.1) is 6.61 Å². The fraction of sp³-hybridized carbons (Fsp3) is 0.333. The van der Waals surface area contributed by atoms with Crippen LogP contribution in [0, 0.1) is 6.92 Å². The van der Waals surface area contributed by atoms with Gasteiger partial charge in [-0.3, -0.25) is 0 Å². The van der Waals surface area contributed by atoms with Gasteiger partial charge in [-0.2, -0.15) is 0 Å². The Balaban J connectivity index is 1.72. The van der Waals surface area contributed by atoms with Gasteiger partial charge in [0.1, 0.15) is 5.75 Å². The van der Waals surface area contributed by atoms with Crippen molar-refractivity contribution in [2.75, 3.05) is 6.61 Å². The molecule has 2 nitrogen and oxygen atoms in total. The van der Waals surface area contributed by atoms with Crippen LogP contribution in [0.3, 0.4) is 0 Å². The van der Waals surface area contributed by atoms with Crippen LogP contribution in [0.25, 0.3) is 0 Å². The van der Waals surface area contributed by atoms with E-state index in [9.17, 15) is 0 Å². The first-order valence-corrected chi connectivity index (χ1v) is 7.22. The van der Waals surface area contributed by atoms with Crippen molar-refractivity contribution in [1.29, 1.82) is 0 Å². The number of aryl methyl sites for hydroxylation is 1. The molecule has 0 aromatic heterocycles. The molecule has 1 aliphatic carbocycles. The maximum absolute atomic E-state index is 6.06. The molecule has 2 heteroatoms. The summed E-state index contributed by atoms with van der Waals surface area (Å²) in [6.07, 6.45) is 1.12. The Labute approximate surface area is 120 Å². The van der Waals surface area contributed by atoms with Crippen molar-refractivity contribution in [3.8, 4) is 5.75 Å². The van der Waals surface area contributed by atoms with Gasteiger partial charge in [-0.1, -0.05) is 36.4 Å². The molecule has 0 spiro atoms. The second-order valence-corrected chi connectivity index (χ2v) is 5.74. The summed E-state index contributed by atoms with van der Waals surface area (Å²) in [5, 5.41) is 0. The Morgan fingerprint density at radius 2 is 2.05 bits per heavy atom. The molecule has 0 saturated carbocycles. The van der Waals surface area contributed by atoms with Crippen molar-refractivity contribution in [2.45, 2.75) is 32.2 Å². The number of ether oxygens (including phenoxy) is 1. The van der Waals surface area contributed by atoms with Gasteiger partial charge < -0.3 is 10.5 Å². The van der Waals surface area contributed by atoms with Crippen molar-refractivity contribution in [3.63, 3.8) is 0 Å². The maximum atomic E-state index is 6.06. The van der Waals surface area contributed by atoms with E-state index in [-0.39, 0.29) is 6.04 Å². The smallest absolute Gasteiger partial charge is 0.124 e. The Morgan fingerprint density at radius 1 is 1.25 bits per heavy atom. The third-order valence-corrected chi connectivity index (χ3v) is 4.06. The van der Waals surface area contributed by atoms with Crippen LogP contribution >= 0.6 is 0 Å². The topological polar surface area (TPSA) is 35.2 Å². The molecule has 0 bridgehead atoms. The first-order chi connectivity index (χ1) is 9.65. The van der Waals surface area contributed by atoms with Crippen LogP contribution in [0.1, 0.15) is 41.1 Å². The van der Waals surface area contributed by atoms with Gasteiger partial charge in [0.25, 0.3) is 0 Å². The molecule has 2 aromatic rings. The molecule has 2 aromatic carbocycles. The SMILES string of the molecule is Cc1ccc(C(C)N)c(OCC2Cc3ccccc32)c1. The molecule has 0 heterocycles. The van der Waals surface area contributed by atoms with Gasteiger partial charge in [0.2, 0.25) is 0 Å². The molecule has 0 aliphatic heterocycles.